The summed E-state index contributed by atoms with van der Waals surface area (Å²) in [5.41, 5.74) is 5.46. The Labute approximate surface area is 172 Å². The summed E-state index contributed by atoms with van der Waals surface area (Å²) in [4.78, 5) is 28.8. The molecule has 2 aromatic carbocycles. The molecule has 2 amide bonds. The lowest BCUT2D eigenvalue weighted by Crippen LogP contribution is -2.40. The van der Waals surface area contributed by atoms with Gasteiger partial charge in [-0.15, -0.1) is 0 Å². The first-order chi connectivity index (χ1) is 13.8. The molecule has 1 aliphatic heterocycles. The van der Waals surface area contributed by atoms with Gasteiger partial charge in [0.05, 0.1) is 6.04 Å². The van der Waals surface area contributed by atoms with E-state index in [0.29, 0.717) is 12.2 Å². The van der Waals surface area contributed by atoms with Gasteiger partial charge in [-0.25, -0.2) is 0 Å². The zero-order valence-corrected chi connectivity index (χ0v) is 17.7. The Morgan fingerprint density at radius 2 is 1.83 bits per heavy atom. The molecule has 154 valence electrons. The molecule has 2 N–H and O–H groups in total. The molecule has 0 fully saturated rings. The topological polar surface area (TPSA) is 64.7 Å². The fourth-order valence-corrected chi connectivity index (χ4v) is 3.71. The molecular weight excluding hydrogens is 364 g/mol. The number of hydrogen-bond acceptors (Lipinski definition) is 4. The van der Waals surface area contributed by atoms with Crippen molar-refractivity contribution in [3.63, 3.8) is 0 Å². The van der Waals surface area contributed by atoms with Gasteiger partial charge < -0.3 is 20.4 Å². The van der Waals surface area contributed by atoms with Gasteiger partial charge in [0, 0.05) is 31.5 Å². The van der Waals surface area contributed by atoms with Crippen LogP contribution in [0.15, 0.2) is 42.5 Å². The number of nitrogens with one attached hydrogen (secondary N) is 2. The van der Waals surface area contributed by atoms with Crippen LogP contribution in [0.5, 0.6) is 0 Å². The van der Waals surface area contributed by atoms with Crippen LogP contribution in [0.1, 0.15) is 29.2 Å². The van der Waals surface area contributed by atoms with Gasteiger partial charge in [0.2, 0.25) is 0 Å². The van der Waals surface area contributed by atoms with Crippen molar-refractivity contribution in [1.29, 1.82) is 0 Å². The summed E-state index contributed by atoms with van der Waals surface area (Å²) in [6.07, 6.45) is 2.22. The molecular formula is C23H30N4O2. The van der Waals surface area contributed by atoms with Gasteiger partial charge in [0.15, 0.2) is 0 Å². The molecule has 1 heterocycles. The lowest BCUT2D eigenvalue weighted by molar-refractivity contribution is -0.136. The van der Waals surface area contributed by atoms with E-state index in [-0.39, 0.29) is 6.04 Å². The van der Waals surface area contributed by atoms with Gasteiger partial charge in [0.1, 0.15) is 0 Å². The maximum atomic E-state index is 12.3. The number of fused-ring (bicyclic) bond motifs is 1. The number of anilines is 2. The highest BCUT2D eigenvalue weighted by Gasteiger charge is 2.21. The van der Waals surface area contributed by atoms with E-state index in [1.165, 1.54) is 11.3 Å². The molecule has 0 bridgehead atoms. The molecule has 3 rings (SSSR count). The molecule has 0 saturated carbocycles. The third kappa shape index (κ3) is 5.15. The number of amides is 2. The van der Waals surface area contributed by atoms with Crippen LogP contribution in [0.25, 0.3) is 0 Å². The quantitative estimate of drug-likeness (QED) is 0.766. The molecule has 0 aromatic heterocycles. The summed E-state index contributed by atoms with van der Waals surface area (Å²) in [6.45, 7) is 3.41. The van der Waals surface area contributed by atoms with Gasteiger partial charge in [-0.2, -0.15) is 0 Å². The van der Waals surface area contributed by atoms with Crippen molar-refractivity contribution in [3.8, 4) is 0 Å². The van der Waals surface area contributed by atoms with E-state index in [1.54, 1.807) is 12.1 Å². The van der Waals surface area contributed by atoms with Gasteiger partial charge >= 0.3 is 11.8 Å². The third-order valence-corrected chi connectivity index (χ3v) is 5.43. The Morgan fingerprint density at radius 1 is 1.10 bits per heavy atom. The minimum absolute atomic E-state index is 0.0105. The predicted molar refractivity (Wildman–Crippen MR) is 117 cm³/mol. The number of carbonyl (C=O) groups excluding carboxylic acids is 2. The Hall–Kier alpha value is -2.86. The summed E-state index contributed by atoms with van der Waals surface area (Å²) < 4.78 is 0. The first kappa shape index (κ1) is 20.9. The number of carbonyl (C=O) groups is 2. The summed E-state index contributed by atoms with van der Waals surface area (Å²) in [6, 6.07) is 13.8. The molecule has 0 saturated heterocycles. The lowest BCUT2D eigenvalue weighted by atomic mass is 9.96. The molecule has 6 nitrogen and oxygen atoms in total. The molecule has 29 heavy (non-hydrogen) atoms. The molecule has 2 aromatic rings. The van der Waals surface area contributed by atoms with E-state index in [9.17, 15) is 9.59 Å². The van der Waals surface area contributed by atoms with E-state index in [1.807, 2.05) is 33.2 Å². The first-order valence-corrected chi connectivity index (χ1v) is 10.0. The first-order valence-electron chi connectivity index (χ1n) is 10.0. The van der Waals surface area contributed by atoms with Crippen LogP contribution < -0.4 is 15.5 Å². The molecule has 0 aliphatic carbocycles. The molecule has 0 radical (unpaired) electrons. The van der Waals surface area contributed by atoms with Crippen LogP contribution in [0.2, 0.25) is 0 Å². The maximum absolute atomic E-state index is 12.3. The minimum atomic E-state index is -0.654. The molecule has 6 heteroatoms. The summed E-state index contributed by atoms with van der Waals surface area (Å²) in [5.74, 6) is -1.28. The van der Waals surface area contributed by atoms with E-state index in [0.717, 1.165) is 30.5 Å². The standard InChI is InChI=1S/C23H30N4O2/c1-16-7-10-19(11-8-16)25-23(29)22(28)24-15-21(26(2)3)18-9-12-20-17(14-18)6-5-13-27(20)4/h7-12,14,21H,5-6,13,15H2,1-4H3,(H,24,28)(H,25,29). The SMILES string of the molecule is Cc1ccc(NC(=O)C(=O)NCC(c2ccc3c(c2)CCCN3C)N(C)C)cc1. The zero-order chi connectivity index (χ0) is 21.0. The van der Waals surface area contributed by atoms with Crippen LogP contribution in [0.3, 0.4) is 0 Å². The predicted octanol–water partition coefficient (Wildman–Crippen LogP) is 2.74. The van der Waals surface area contributed by atoms with Crippen LogP contribution >= 0.6 is 0 Å². The number of nitrogens with zero attached hydrogens (tertiary/aromatic N) is 2. The summed E-state index contributed by atoms with van der Waals surface area (Å²) in [5, 5.41) is 5.42. The van der Waals surface area contributed by atoms with Crippen molar-refractivity contribution in [2.45, 2.75) is 25.8 Å². The largest absolute Gasteiger partial charge is 0.374 e. The minimum Gasteiger partial charge on any atom is -0.374 e. The van der Waals surface area contributed by atoms with Crippen molar-refractivity contribution in [3.05, 3.63) is 59.2 Å². The second kappa shape index (κ2) is 9.09. The monoisotopic (exact) mass is 394 g/mol. The van der Waals surface area contributed by atoms with Gasteiger partial charge in [-0.1, -0.05) is 29.8 Å². The van der Waals surface area contributed by atoms with Crippen LogP contribution in [-0.4, -0.2) is 50.9 Å². The van der Waals surface area contributed by atoms with Crippen molar-refractivity contribution >= 4 is 23.2 Å². The van der Waals surface area contributed by atoms with Gasteiger partial charge in [-0.3, -0.25) is 9.59 Å². The van der Waals surface area contributed by atoms with Crippen molar-refractivity contribution in [1.82, 2.24) is 10.2 Å². The zero-order valence-electron chi connectivity index (χ0n) is 17.7. The summed E-state index contributed by atoms with van der Waals surface area (Å²) >= 11 is 0. The highest BCUT2D eigenvalue weighted by molar-refractivity contribution is 6.39. The van der Waals surface area contributed by atoms with Gasteiger partial charge in [0.25, 0.3) is 0 Å². The molecule has 0 spiro atoms. The summed E-state index contributed by atoms with van der Waals surface area (Å²) in [7, 11) is 6.08. The van der Waals surface area contributed by atoms with Gasteiger partial charge in [-0.05, 0) is 63.2 Å². The molecule has 1 atom stereocenters. The van der Waals surface area contributed by atoms with E-state index < -0.39 is 11.8 Å². The van der Waals surface area contributed by atoms with E-state index in [2.05, 4.69) is 45.7 Å². The lowest BCUT2D eigenvalue weighted by Gasteiger charge is -2.30. The second-order valence-electron chi connectivity index (χ2n) is 7.92. The van der Waals surface area contributed by atoms with Crippen molar-refractivity contribution < 1.29 is 9.59 Å². The van der Waals surface area contributed by atoms with Crippen molar-refractivity contribution in [2.75, 3.05) is 44.4 Å². The Bertz CT molecular complexity index is 877. The maximum Gasteiger partial charge on any atom is 0.313 e. The Morgan fingerprint density at radius 3 is 2.52 bits per heavy atom. The van der Waals surface area contributed by atoms with Crippen LogP contribution in [0.4, 0.5) is 11.4 Å². The van der Waals surface area contributed by atoms with Crippen LogP contribution in [0, 0.1) is 6.92 Å². The third-order valence-electron chi connectivity index (χ3n) is 5.43. The number of hydrogen-bond donors (Lipinski definition) is 2. The Balaban J connectivity index is 1.64. The number of likely N-dealkylation sites (N-methyl/N-ethyl adjacent to an activating group) is 1. The second-order valence-corrected chi connectivity index (χ2v) is 7.92. The average Bonchev–Trinajstić information content (AvgIpc) is 2.69. The number of benzene rings is 2. The fraction of sp³-hybridized carbons (Fsp3) is 0.391. The smallest absolute Gasteiger partial charge is 0.313 e. The number of aryl methyl sites for hydroxylation is 2. The highest BCUT2D eigenvalue weighted by atomic mass is 16.2. The normalized spacial score (nSPS) is 14.3. The fourth-order valence-electron chi connectivity index (χ4n) is 3.71. The Kier molecular flexibility index (Phi) is 6.54. The van der Waals surface area contributed by atoms with E-state index in [4.69, 9.17) is 0 Å². The number of rotatable bonds is 5. The van der Waals surface area contributed by atoms with Crippen molar-refractivity contribution in [2.24, 2.45) is 0 Å². The highest BCUT2D eigenvalue weighted by Crippen LogP contribution is 2.29. The molecule has 1 aliphatic rings. The molecule has 1 unspecified atom stereocenters. The van der Waals surface area contributed by atoms with E-state index >= 15 is 0 Å². The van der Waals surface area contributed by atoms with Crippen LogP contribution in [-0.2, 0) is 16.0 Å². The average molecular weight is 395 g/mol.